The van der Waals surface area contributed by atoms with Crippen molar-refractivity contribution < 1.29 is 34.2 Å². The summed E-state index contributed by atoms with van der Waals surface area (Å²) in [7, 11) is 0. The number of anilines is 2. The van der Waals surface area contributed by atoms with Crippen LogP contribution in [0.4, 0.5) is 16.2 Å². The summed E-state index contributed by atoms with van der Waals surface area (Å²) >= 11 is 0.726. The van der Waals surface area contributed by atoms with E-state index in [0.29, 0.717) is 5.69 Å². The predicted octanol–water partition coefficient (Wildman–Crippen LogP) is 2.99. The first-order valence-corrected chi connectivity index (χ1v) is 9.56. The Morgan fingerprint density at radius 2 is 1.67 bits per heavy atom. The minimum absolute atomic E-state index is 0.0328. The zero-order valence-corrected chi connectivity index (χ0v) is 16.4. The average Bonchev–Trinajstić information content (AvgIpc) is 2.94. The lowest BCUT2D eigenvalue weighted by molar-refractivity contribution is -0.121. The Morgan fingerprint density at radius 1 is 1.03 bits per heavy atom. The average molecular weight is 428 g/mol. The van der Waals surface area contributed by atoms with Gasteiger partial charge >= 0.3 is 11.9 Å². The maximum absolute atomic E-state index is 12.7. The molecule has 3 rings (SSSR count). The topological polar surface area (TPSA) is 141 Å². The molecule has 1 aliphatic rings. The molecule has 1 aliphatic heterocycles. The van der Waals surface area contributed by atoms with E-state index in [1.165, 1.54) is 0 Å². The highest BCUT2D eigenvalue weighted by Gasteiger charge is 2.41. The quantitative estimate of drug-likeness (QED) is 0.638. The molecule has 2 aromatic carbocycles. The van der Waals surface area contributed by atoms with E-state index < -0.39 is 34.2 Å². The highest BCUT2D eigenvalue weighted by molar-refractivity contribution is 8.15. The molecule has 0 spiro atoms. The van der Waals surface area contributed by atoms with Crippen LogP contribution in [-0.4, -0.2) is 44.5 Å². The summed E-state index contributed by atoms with van der Waals surface area (Å²) in [5, 5.41) is 19.2. The first-order chi connectivity index (χ1) is 14.2. The van der Waals surface area contributed by atoms with Crippen molar-refractivity contribution in [1.82, 2.24) is 0 Å². The molecule has 0 bridgehead atoms. The number of aromatic carboxylic acids is 2. The van der Waals surface area contributed by atoms with E-state index in [0.717, 1.165) is 40.4 Å². The Labute approximate surface area is 174 Å². The van der Waals surface area contributed by atoms with Crippen molar-refractivity contribution in [2.75, 3.05) is 10.2 Å². The number of nitrogens with one attached hydrogen (secondary N) is 1. The van der Waals surface area contributed by atoms with Crippen LogP contribution in [0.2, 0.25) is 0 Å². The standard InChI is InChI=1S/C20H16N2O7S/c1-10-3-2-4-14(5-10)22-17(24)15(30-20(22)29)9-16(23)21-13-7-11(18(25)26)6-12(8-13)19(27)28/h2-8,15H,9H2,1H3,(H,21,23)(H,25,26)(H,27,28). The van der Waals surface area contributed by atoms with Gasteiger partial charge in [-0.15, -0.1) is 0 Å². The molecule has 3 amide bonds. The molecule has 10 heteroatoms. The molecule has 1 saturated heterocycles. The molecule has 2 aromatic rings. The monoisotopic (exact) mass is 428 g/mol. The lowest BCUT2D eigenvalue weighted by atomic mass is 10.1. The fourth-order valence-corrected chi connectivity index (χ4v) is 3.90. The van der Waals surface area contributed by atoms with Gasteiger partial charge in [0.15, 0.2) is 0 Å². The number of rotatable bonds is 6. The second kappa shape index (κ2) is 8.37. The van der Waals surface area contributed by atoms with Gasteiger partial charge in [-0.3, -0.25) is 14.4 Å². The van der Waals surface area contributed by atoms with Gasteiger partial charge in [0.25, 0.3) is 5.24 Å². The number of imide groups is 1. The highest BCUT2D eigenvalue weighted by Crippen LogP contribution is 2.34. The van der Waals surface area contributed by atoms with E-state index in [4.69, 9.17) is 10.2 Å². The second-order valence-corrected chi connectivity index (χ2v) is 7.70. The SMILES string of the molecule is Cc1cccc(N2C(=O)SC(CC(=O)Nc3cc(C(=O)O)cc(C(=O)O)c3)C2=O)c1. The number of hydrogen-bond acceptors (Lipinski definition) is 6. The largest absolute Gasteiger partial charge is 0.478 e. The van der Waals surface area contributed by atoms with Crippen molar-refractivity contribution in [3.8, 4) is 0 Å². The fourth-order valence-electron chi connectivity index (χ4n) is 2.91. The summed E-state index contributed by atoms with van der Waals surface area (Å²) in [5.41, 5.74) is 0.636. The minimum atomic E-state index is -1.35. The van der Waals surface area contributed by atoms with E-state index in [2.05, 4.69) is 5.32 Å². The van der Waals surface area contributed by atoms with E-state index in [9.17, 15) is 24.0 Å². The zero-order chi connectivity index (χ0) is 22.0. The molecule has 0 radical (unpaired) electrons. The van der Waals surface area contributed by atoms with Gasteiger partial charge < -0.3 is 15.5 Å². The third-order valence-corrected chi connectivity index (χ3v) is 5.30. The summed E-state index contributed by atoms with van der Waals surface area (Å²) in [6.45, 7) is 1.82. The smallest absolute Gasteiger partial charge is 0.335 e. The molecule has 1 heterocycles. The van der Waals surface area contributed by atoms with Crippen LogP contribution in [0.5, 0.6) is 0 Å². The molecule has 0 saturated carbocycles. The maximum atomic E-state index is 12.7. The number of amides is 3. The number of carbonyl (C=O) groups excluding carboxylic acids is 3. The Morgan fingerprint density at radius 3 is 2.23 bits per heavy atom. The fraction of sp³-hybridized carbons (Fsp3) is 0.150. The predicted molar refractivity (Wildman–Crippen MR) is 109 cm³/mol. The van der Waals surface area contributed by atoms with Crippen LogP contribution in [0.1, 0.15) is 32.7 Å². The number of thioether (sulfide) groups is 1. The molecule has 0 aromatic heterocycles. The molecule has 9 nitrogen and oxygen atoms in total. The van der Waals surface area contributed by atoms with Crippen LogP contribution < -0.4 is 10.2 Å². The lowest BCUT2D eigenvalue weighted by Gasteiger charge is -2.14. The Hall–Kier alpha value is -3.66. The van der Waals surface area contributed by atoms with E-state index in [-0.39, 0.29) is 23.2 Å². The summed E-state index contributed by atoms with van der Waals surface area (Å²) in [4.78, 5) is 60.7. The van der Waals surface area contributed by atoms with Gasteiger partial charge in [-0.05, 0) is 54.6 Å². The summed E-state index contributed by atoms with van der Waals surface area (Å²) in [5.74, 6) is -3.89. The summed E-state index contributed by atoms with van der Waals surface area (Å²) < 4.78 is 0. The van der Waals surface area contributed by atoms with Crippen LogP contribution in [0.15, 0.2) is 42.5 Å². The first kappa shape index (κ1) is 21.1. The molecular weight excluding hydrogens is 412 g/mol. The zero-order valence-electron chi connectivity index (χ0n) is 15.6. The normalized spacial score (nSPS) is 15.9. The van der Waals surface area contributed by atoms with Crippen LogP contribution in [0.25, 0.3) is 0 Å². The minimum Gasteiger partial charge on any atom is -0.478 e. The van der Waals surface area contributed by atoms with Crippen molar-refractivity contribution in [3.05, 3.63) is 59.2 Å². The molecular formula is C20H16N2O7S. The number of nitrogens with zero attached hydrogens (tertiary/aromatic N) is 1. The molecule has 30 heavy (non-hydrogen) atoms. The molecule has 1 atom stereocenters. The van der Waals surface area contributed by atoms with Gasteiger partial charge in [0, 0.05) is 12.1 Å². The summed E-state index contributed by atoms with van der Waals surface area (Å²) in [6.07, 6.45) is -0.336. The Balaban J connectivity index is 1.74. The van der Waals surface area contributed by atoms with Gasteiger partial charge in [0.2, 0.25) is 11.8 Å². The van der Waals surface area contributed by atoms with E-state index in [1.807, 2.05) is 13.0 Å². The van der Waals surface area contributed by atoms with Gasteiger partial charge in [0.05, 0.1) is 16.8 Å². The number of benzene rings is 2. The summed E-state index contributed by atoms with van der Waals surface area (Å²) in [6, 6.07) is 10.0. The highest BCUT2D eigenvalue weighted by atomic mass is 32.2. The number of carbonyl (C=O) groups is 5. The Bertz CT molecular complexity index is 1050. The molecule has 3 N–H and O–H groups in total. The van der Waals surface area contributed by atoms with E-state index >= 15 is 0 Å². The second-order valence-electron chi connectivity index (χ2n) is 6.55. The van der Waals surface area contributed by atoms with Crippen molar-refractivity contribution in [1.29, 1.82) is 0 Å². The van der Waals surface area contributed by atoms with Crippen LogP contribution in [0, 0.1) is 6.92 Å². The molecule has 1 fully saturated rings. The molecule has 154 valence electrons. The maximum Gasteiger partial charge on any atom is 0.335 e. The van der Waals surface area contributed by atoms with Gasteiger partial charge in [-0.2, -0.15) is 0 Å². The molecule has 1 unspecified atom stereocenters. The number of hydrogen-bond donors (Lipinski definition) is 3. The number of carboxylic acid groups (broad SMARTS) is 2. The lowest BCUT2D eigenvalue weighted by Crippen LogP contribution is -2.33. The van der Waals surface area contributed by atoms with Crippen molar-refractivity contribution >= 4 is 52.1 Å². The van der Waals surface area contributed by atoms with E-state index in [1.54, 1.807) is 18.2 Å². The van der Waals surface area contributed by atoms with Gasteiger partial charge in [-0.1, -0.05) is 12.1 Å². The number of carboxylic acids is 2. The first-order valence-electron chi connectivity index (χ1n) is 8.68. The van der Waals surface area contributed by atoms with Crippen molar-refractivity contribution in [2.24, 2.45) is 0 Å². The van der Waals surface area contributed by atoms with Gasteiger partial charge in [0.1, 0.15) is 5.25 Å². The van der Waals surface area contributed by atoms with Crippen molar-refractivity contribution in [3.63, 3.8) is 0 Å². The van der Waals surface area contributed by atoms with Crippen LogP contribution in [0.3, 0.4) is 0 Å². The molecule has 0 aliphatic carbocycles. The van der Waals surface area contributed by atoms with Crippen LogP contribution >= 0.6 is 11.8 Å². The van der Waals surface area contributed by atoms with Crippen molar-refractivity contribution in [2.45, 2.75) is 18.6 Å². The third kappa shape index (κ3) is 4.49. The number of aryl methyl sites for hydroxylation is 1. The Kier molecular flexibility index (Phi) is 5.88. The third-order valence-electron chi connectivity index (χ3n) is 4.26. The van der Waals surface area contributed by atoms with Gasteiger partial charge in [-0.25, -0.2) is 14.5 Å². The van der Waals surface area contributed by atoms with Crippen LogP contribution in [-0.2, 0) is 9.59 Å².